The highest BCUT2D eigenvalue weighted by Crippen LogP contribution is 2.65. The lowest BCUT2D eigenvalue weighted by molar-refractivity contribution is -0.926. The van der Waals surface area contributed by atoms with Crippen LogP contribution >= 0.6 is 0 Å². The fourth-order valence-corrected chi connectivity index (χ4v) is 5.87. The van der Waals surface area contributed by atoms with Crippen molar-refractivity contribution < 1.29 is 9.28 Å². The number of hydrogen-bond acceptors (Lipinski definition) is 1. The molecule has 0 aromatic heterocycles. The molecule has 3 fully saturated rings. The van der Waals surface area contributed by atoms with Crippen LogP contribution in [-0.2, 0) is 11.3 Å². The maximum Gasteiger partial charge on any atom is 0.165 e. The number of fused-ring (bicyclic) bond motifs is 2. The smallest absolute Gasteiger partial charge is 0.165 e. The van der Waals surface area contributed by atoms with Crippen molar-refractivity contribution in [1.82, 2.24) is 0 Å². The van der Waals surface area contributed by atoms with E-state index in [0.717, 1.165) is 25.0 Å². The first-order valence-corrected chi connectivity index (χ1v) is 10.4. The molecule has 4 rings (SSSR count). The Bertz CT molecular complexity index is 736. The summed E-state index contributed by atoms with van der Waals surface area (Å²) in [4.78, 5) is 13.0. The summed E-state index contributed by atoms with van der Waals surface area (Å²) in [6, 6.07) is 8.98. The van der Waals surface area contributed by atoms with Gasteiger partial charge in [-0.2, -0.15) is 0 Å². The molecule has 1 aromatic rings. The van der Waals surface area contributed by atoms with Crippen molar-refractivity contribution in [2.45, 2.75) is 59.4 Å². The number of hydrogen-bond donors (Lipinski definition) is 0. The van der Waals surface area contributed by atoms with Crippen LogP contribution in [0.4, 0.5) is 0 Å². The first-order chi connectivity index (χ1) is 12.3. The number of benzene rings is 1. The van der Waals surface area contributed by atoms with Gasteiger partial charge in [-0.3, -0.25) is 4.79 Å². The molecule has 2 saturated carbocycles. The van der Waals surface area contributed by atoms with E-state index in [4.69, 9.17) is 0 Å². The third-order valence-electron chi connectivity index (χ3n) is 8.13. The Labute approximate surface area is 158 Å². The summed E-state index contributed by atoms with van der Waals surface area (Å²) >= 11 is 0. The van der Waals surface area contributed by atoms with Crippen molar-refractivity contribution in [2.75, 3.05) is 20.1 Å². The molecular weight excluding hydrogens is 318 g/mol. The second-order valence-electron chi connectivity index (χ2n) is 10.1. The minimum Gasteiger partial charge on any atom is -0.322 e. The van der Waals surface area contributed by atoms with E-state index in [-0.39, 0.29) is 10.8 Å². The summed E-state index contributed by atoms with van der Waals surface area (Å²) in [6.07, 6.45) is 8.51. The Balaban J connectivity index is 1.53. The molecule has 26 heavy (non-hydrogen) atoms. The average Bonchev–Trinajstić information content (AvgIpc) is 2.91. The summed E-state index contributed by atoms with van der Waals surface area (Å²) in [5.74, 6) is 0.826. The van der Waals surface area contributed by atoms with Crippen molar-refractivity contribution in [3.63, 3.8) is 0 Å². The molecule has 1 aliphatic heterocycles. The Morgan fingerprint density at radius 3 is 2.31 bits per heavy atom. The van der Waals surface area contributed by atoms with Crippen LogP contribution < -0.4 is 0 Å². The quantitative estimate of drug-likeness (QED) is 0.538. The Hall–Kier alpha value is -1.41. The van der Waals surface area contributed by atoms with Gasteiger partial charge in [0.2, 0.25) is 0 Å². The van der Waals surface area contributed by atoms with E-state index in [2.05, 4.69) is 58.2 Å². The lowest BCUT2D eigenvalue weighted by Crippen LogP contribution is -2.46. The van der Waals surface area contributed by atoms with Crippen molar-refractivity contribution >= 4 is 11.9 Å². The third kappa shape index (κ3) is 2.69. The fraction of sp³-hybridized carbons (Fsp3) is 0.625. The van der Waals surface area contributed by atoms with Crippen molar-refractivity contribution in [3.8, 4) is 0 Å². The van der Waals surface area contributed by atoms with Crippen LogP contribution in [-0.4, -0.2) is 30.4 Å². The highest BCUT2D eigenvalue weighted by molar-refractivity contribution is 6.07. The fourth-order valence-electron chi connectivity index (χ4n) is 5.87. The molecule has 1 aromatic carbocycles. The van der Waals surface area contributed by atoms with Crippen molar-refractivity contribution in [3.05, 3.63) is 41.0 Å². The van der Waals surface area contributed by atoms with E-state index in [1.54, 1.807) is 0 Å². The minimum absolute atomic E-state index is 0.100. The lowest BCUT2D eigenvalue weighted by Gasteiger charge is -2.37. The number of ketones is 1. The van der Waals surface area contributed by atoms with Gasteiger partial charge in [-0.15, -0.1) is 0 Å². The van der Waals surface area contributed by atoms with Gasteiger partial charge in [-0.25, -0.2) is 0 Å². The molecule has 2 aliphatic carbocycles. The van der Waals surface area contributed by atoms with E-state index in [1.165, 1.54) is 48.0 Å². The largest absolute Gasteiger partial charge is 0.322 e. The zero-order chi connectivity index (χ0) is 18.6. The molecule has 2 bridgehead atoms. The van der Waals surface area contributed by atoms with Gasteiger partial charge in [0.25, 0.3) is 0 Å². The second-order valence-corrected chi connectivity index (χ2v) is 10.1. The number of carbonyl (C=O) groups is 1. The zero-order valence-corrected chi connectivity index (χ0v) is 17.0. The lowest BCUT2D eigenvalue weighted by atomic mass is 9.70. The van der Waals surface area contributed by atoms with Gasteiger partial charge in [0.1, 0.15) is 6.54 Å². The molecule has 2 atom stereocenters. The molecular formula is C24H34NO+. The minimum atomic E-state index is -0.156. The highest BCUT2D eigenvalue weighted by atomic mass is 16.1. The van der Waals surface area contributed by atoms with E-state index >= 15 is 0 Å². The van der Waals surface area contributed by atoms with Gasteiger partial charge in [0.15, 0.2) is 5.78 Å². The molecule has 1 heterocycles. The molecule has 0 N–H and O–H groups in total. The Morgan fingerprint density at radius 2 is 1.73 bits per heavy atom. The number of piperidine rings is 1. The zero-order valence-electron chi connectivity index (χ0n) is 17.0. The predicted octanol–water partition coefficient (Wildman–Crippen LogP) is 5.23. The standard InChI is InChI=1S/C24H34NO/c1-23(2)21-12-13-24(23,3)22(26)20(21)16-18-8-10-19(11-9-18)17-25(4)14-6-5-7-15-25/h8-11,16,21H,5-7,12-15,17H2,1-4H3/q+1. The van der Waals surface area contributed by atoms with Crippen LogP contribution in [0.25, 0.3) is 6.08 Å². The Morgan fingerprint density at radius 1 is 1.08 bits per heavy atom. The number of Topliss-reactive ketones (excluding diaryl/α,β-unsaturated/α-hetero) is 1. The molecule has 2 unspecified atom stereocenters. The van der Waals surface area contributed by atoms with Crippen LogP contribution in [0.15, 0.2) is 29.8 Å². The van der Waals surface area contributed by atoms with Crippen molar-refractivity contribution in [1.29, 1.82) is 0 Å². The first kappa shape index (κ1) is 18.0. The number of carbonyl (C=O) groups excluding carboxylic acids is 1. The maximum absolute atomic E-state index is 13.0. The van der Waals surface area contributed by atoms with Crippen LogP contribution in [0.5, 0.6) is 0 Å². The van der Waals surface area contributed by atoms with E-state index in [0.29, 0.717) is 11.7 Å². The topological polar surface area (TPSA) is 17.1 Å². The van der Waals surface area contributed by atoms with E-state index in [9.17, 15) is 4.79 Å². The predicted molar refractivity (Wildman–Crippen MR) is 108 cm³/mol. The van der Waals surface area contributed by atoms with E-state index in [1.807, 2.05) is 0 Å². The molecule has 0 spiro atoms. The molecule has 0 radical (unpaired) electrons. The normalized spacial score (nSPS) is 33.8. The molecule has 0 amide bonds. The summed E-state index contributed by atoms with van der Waals surface area (Å²) in [7, 11) is 2.39. The number of allylic oxidation sites excluding steroid dienone is 1. The monoisotopic (exact) mass is 352 g/mol. The van der Waals surface area contributed by atoms with Gasteiger partial charge in [-0.05, 0) is 60.6 Å². The van der Waals surface area contributed by atoms with Crippen LogP contribution in [0, 0.1) is 16.7 Å². The molecule has 140 valence electrons. The van der Waals surface area contributed by atoms with Gasteiger partial charge in [0.05, 0.1) is 20.1 Å². The summed E-state index contributed by atoms with van der Waals surface area (Å²) in [6.45, 7) is 10.5. The maximum atomic E-state index is 13.0. The average molecular weight is 353 g/mol. The number of nitrogens with zero attached hydrogens (tertiary/aromatic N) is 1. The number of quaternary nitrogens is 1. The third-order valence-corrected chi connectivity index (χ3v) is 8.13. The van der Waals surface area contributed by atoms with Crippen LogP contribution in [0.3, 0.4) is 0 Å². The number of rotatable bonds is 3. The summed E-state index contributed by atoms with van der Waals surface area (Å²) in [5, 5.41) is 0. The van der Waals surface area contributed by atoms with E-state index < -0.39 is 0 Å². The van der Waals surface area contributed by atoms with Crippen LogP contribution in [0.2, 0.25) is 0 Å². The van der Waals surface area contributed by atoms with Crippen molar-refractivity contribution in [2.24, 2.45) is 16.7 Å². The highest BCUT2D eigenvalue weighted by Gasteiger charge is 2.63. The number of likely N-dealkylation sites (tertiary alicyclic amines) is 1. The molecule has 2 nitrogen and oxygen atoms in total. The van der Waals surface area contributed by atoms with Gasteiger partial charge in [-0.1, -0.05) is 45.0 Å². The van der Waals surface area contributed by atoms with Gasteiger partial charge < -0.3 is 4.48 Å². The summed E-state index contributed by atoms with van der Waals surface area (Å²) in [5.41, 5.74) is 3.62. The molecule has 2 heteroatoms. The molecule has 1 saturated heterocycles. The Kier molecular flexibility index (Phi) is 4.19. The van der Waals surface area contributed by atoms with Crippen LogP contribution in [0.1, 0.15) is 64.0 Å². The molecule has 3 aliphatic rings. The second kappa shape index (κ2) is 6.05. The van der Waals surface area contributed by atoms with Gasteiger partial charge >= 0.3 is 0 Å². The van der Waals surface area contributed by atoms with Gasteiger partial charge in [0, 0.05) is 11.0 Å². The first-order valence-electron chi connectivity index (χ1n) is 10.4. The SMILES string of the molecule is CC12CCC(C(=Cc3ccc(C[N+]4(C)CCCCC4)cc3)C1=O)C2(C)C. The summed E-state index contributed by atoms with van der Waals surface area (Å²) < 4.78 is 1.17.